The van der Waals surface area contributed by atoms with Gasteiger partial charge in [-0.3, -0.25) is 4.99 Å². The van der Waals surface area contributed by atoms with Gasteiger partial charge in [0.05, 0.1) is 4.90 Å². The van der Waals surface area contributed by atoms with Gasteiger partial charge in [0, 0.05) is 34.2 Å². The average molecular weight is 312 g/mol. The molecule has 118 valence electrons. The summed E-state index contributed by atoms with van der Waals surface area (Å²) < 4.78 is 25.8. The Labute approximate surface area is 127 Å². The maximum absolute atomic E-state index is 12.3. The highest BCUT2D eigenvalue weighted by molar-refractivity contribution is 7.89. The normalized spacial score (nSPS) is 12.5. The van der Waals surface area contributed by atoms with Crippen LogP contribution >= 0.6 is 0 Å². The summed E-state index contributed by atoms with van der Waals surface area (Å²) in [6, 6.07) is 6.98. The third-order valence-electron chi connectivity index (χ3n) is 2.94. The Bertz CT molecular complexity index is 582. The molecule has 6 nitrogen and oxygen atoms in total. The summed E-state index contributed by atoms with van der Waals surface area (Å²) in [5, 5.41) is 6.28. The summed E-state index contributed by atoms with van der Waals surface area (Å²) in [5.74, 6) is 0.661. The molecule has 1 aromatic rings. The van der Waals surface area contributed by atoms with E-state index in [1.165, 1.54) is 18.4 Å². The van der Waals surface area contributed by atoms with Crippen LogP contribution in [0.5, 0.6) is 0 Å². The molecule has 0 saturated carbocycles. The molecule has 1 aromatic carbocycles. The lowest BCUT2D eigenvalue weighted by Crippen LogP contribution is -2.37. The highest BCUT2D eigenvalue weighted by Crippen LogP contribution is 2.18. The zero-order valence-corrected chi connectivity index (χ0v) is 13.9. The number of rotatable bonds is 6. The third kappa shape index (κ3) is 4.71. The van der Waals surface area contributed by atoms with Gasteiger partial charge in [-0.15, -0.1) is 0 Å². The van der Waals surface area contributed by atoms with Crippen LogP contribution < -0.4 is 10.6 Å². The number of aliphatic imine (C=N–C) groups is 1. The quantitative estimate of drug-likeness (QED) is 0.607. The number of guanidine groups is 1. The molecule has 21 heavy (non-hydrogen) atoms. The molecule has 0 unspecified atom stereocenters. The van der Waals surface area contributed by atoms with E-state index >= 15 is 0 Å². The topological polar surface area (TPSA) is 73.8 Å². The molecule has 0 fully saturated rings. The molecule has 0 heterocycles. The smallest absolute Gasteiger partial charge is 0.242 e. The lowest BCUT2D eigenvalue weighted by molar-refractivity contribution is 0.519. The first-order valence-electron chi connectivity index (χ1n) is 6.88. The molecule has 2 N–H and O–H groups in total. The maximum Gasteiger partial charge on any atom is 0.242 e. The van der Waals surface area contributed by atoms with Gasteiger partial charge < -0.3 is 10.6 Å². The lowest BCUT2D eigenvalue weighted by atomic mass is 10.2. The Hall–Kier alpha value is -1.60. The minimum atomic E-state index is -3.45. The largest absolute Gasteiger partial charge is 0.356 e. The van der Waals surface area contributed by atoms with Crippen molar-refractivity contribution in [2.45, 2.75) is 24.8 Å². The molecule has 0 bridgehead atoms. The van der Waals surface area contributed by atoms with Crippen molar-refractivity contribution in [3.63, 3.8) is 0 Å². The van der Waals surface area contributed by atoms with E-state index in [9.17, 15) is 8.42 Å². The van der Waals surface area contributed by atoms with E-state index in [2.05, 4.69) is 22.5 Å². The van der Waals surface area contributed by atoms with Gasteiger partial charge in [-0.25, -0.2) is 12.7 Å². The van der Waals surface area contributed by atoms with Gasteiger partial charge in [0.2, 0.25) is 10.0 Å². The number of sulfonamides is 1. The van der Waals surface area contributed by atoms with Crippen LogP contribution in [-0.4, -0.2) is 46.4 Å². The van der Waals surface area contributed by atoms with Crippen LogP contribution in [0.4, 0.5) is 0 Å². The van der Waals surface area contributed by atoms with Crippen LogP contribution in [-0.2, 0) is 16.6 Å². The van der Waals surface area contributed by atoms with Crippen molar-refractivity contribution in [3.8, 4) is 0 Å². The summed E-state index contributed by atoms with van der Waals surface area (Å²) in [6.07, 6.45) is 0.992. The monoisotopic (exact) mass is 312 g/mol. The second-order valence-electron chi connectivity index (χ2n) is 4.75. The van der Waals surface area contributed by atoms with Gasteiger partial charge in [-0.1, -0.05) is 25.1 Å². The second-order valence-corrected chi connectivity index (χ2v) is 6.87. The summed E-state index contributed by atoms with van der Waals surface area (Å²) in [7, 11) is 1.30. The van der Waals surface area contributed by atoms with Crippen LogP contribution in [0.15, 0.2) is 34.2 Å². The summed E-state index contributed by atoms with van der Waals surface area (Å²) in [5.41, 5.74) is 0.714. The van der Waals surface area contributed by atoms with Crippen LogP contribution in [0.2, 0.25) is 0 Å². The molecular formula is C14H24N4O2S. The molecule has 0 aliphatic heterocycles. The van der Waals surface area contributed by atoms with Crippen molar-refractivity contribution in [2.75, 3.05) is 27.7 Å². The molecule has 1 rings (SSSR count). The highest BCUT2D eigenvalue weighted by atomic mass is 32.2. The fourth-order valence-electron chi connectivity index (χ4n) is 1.74. The molecule has 0 saturated heterocycles. The Morgan fingerprint density at radius 3 is 2.48 bits per heavy atom. The molecule has 0 aliphatic rings. The molecule has 0 spiro atoms. The first-order chi connectivity index (χ1) is 9.93. The summed E-state index contributed by atoms with van der Waals surface area (Å²) in [4.78, 5) is 4.42. The first-order valence-corrected chi connectivity index (χ1v) is 8.32. The van der Waals surface area contributed by atoms with E-state index < -0.39 is 10.0 Å². The number of hydrogen-bond acceptors (Lipinski definition) is 3. The zero-order chi connectivity index (χ0) is 15.9. The predicted molar refractivity (Wildman–Crippen MR) is 85.8 cm³/mol. The number of hydrogen-bond donors (Lipinski definition) is 2. The Morgan fingerprint density at radius 1 is 1.24 bits per heavy atom. The number of nitrogens with zero attached hydrogens (tertiary/aromatic N) is 2. The summed E-state index contributed by atoms with van der Waals surface area (Å²) >= 11 is 0. The van der Waals surface area contributed by atoms with Gasteiger partial charge >= 0.3 is 0 Å². The molecule has 7 heteroatoms. The predicted octanol–water partition coefficient (Wildman–Crippen LogP) is 1.01. The maximum atomic E-state index is 12.3. The lowest BCUT2D eigenvalue weighted by Gasteiger charge is -2.16. The summed E-state index contributed by atoms with van der Waals surface area (Å²) in [6.45, 7) is 3.28. The van der Waals surface area contributed by atoms with Crippen molar-refractivity contribution in [3.05, 3.63) is 29.8 Å². The van der Waals surface area contributed by atoms with Crippen molar-refractivity contribution in [1.29, 1.82) is 0 Å². The van der Waals surface area contributed by atoms with E-state index in [1.54, 1.807) is 25.2 Å². The van der Waals surface area contributed by atoms with Gasteiger partial charge in [-0.05, 0) is 18.1 Å². The average Bonchev–Trinajstić information content (AvgIpc) is 2.47. The zero-order valence-electron chi connectivity index (χ0n) is 13.0. The fourth-order valence-corrected chi connectivity index (χ4v) is 2.86. The van der Waals surface area contributed by atoms with E-state index in [4.69, 9.17) is 0 Å². The van der Waals surface area contributed by atoms with E-state index in [0.29, 0.717) is 23.0 Å². The molecule has 0 radical (unpaired) electrons. The Balaban J connectivity index is 2.91. The van der Waals surface area contributed by atoms with Gasteiger partial charge in [0.1, 0.15) is 0 Å². The number of nitrogens with one attached hydrogen (secondary N) is 2. The molecule has 0 atom stereocenters. The number of benzene rings is 1. The highest BCUT2D eigenvalue weighted by Gasteiger charge is 2.20. The van der Waals surface area contributed by atoms with Crippen molar-refractivity contribution in [1.82, 2.24) is 14.9 Å². The van der Waals surface area contributed by atoms with Crippen LogP contribution in [0.1, 0.15) is 18.9 Å². The fraction of sp³-hybridized carbons (Fsp3) is 0.500. The van der Waals surface area contributed by atoms with Crippen molar-refractivity contribution in [2.24, 2.45) is 4.99 Å². The van der Waals surface area contributed by atoms with Crippen molar-refractivity contribution < 1.29 is 8.42 Å². The molecule has 0 amide bonds. The van der Waals surface area contributed by atoms with E-state index in [1.807, 2.05) is 6.07 Å². The van der Waals surface area contributed by atoms with Crippen LogP contribution in [0.25, 0.3) is 0 Å². The minimum absolute atomic E-state index is 0.313. The SMILES string of the molecule is CCCNC(=NC)NCc1ccccc1S(=O)(=O)N(C)C. The Kier molecular flexibility index (Phi) is 6.64. The first kappa shape index (κ1) is 17.5. The Morgan fingerprint density at radius 2 is 1.90 bits per heavy atom. The molecule has 0 aliphatic carbocycles. The van der Waals surface area contributed by atoms with E-state index in [0.717, 1.165) is 13.0 Å². The second kappa shape index (κ2) is 7.99. The van der Waals surface area contributed by atoms with Crippen LogP contribution in [0, 0.1) is 0 Å². The molecule has 0 aromatic heterocycles. The van der Waals surface area contributed by atoms with Gasteiger partial charge in [-0.2, -0.15) is 0 Å². The third-order valence-corrected chi connectivity index (χ3v) is 4.86. The standard InChI is InChI=1S/C14H24N4O2S/c1-5-10-16-14(15-2)17-11-12-8-6-7-9-13(12)21(19,20)18(3)4/h6-9H,5,10-11H2,1-4H3,(H2,15,16,17). The van der Waals surface area contributed by atoms with E-state index in [-0.39, 0.29) is 0 Å². The van der Waals surface area contributed by atoms with Gasteiger partial charge in [0.15, 0.2) is 5.96 Å². The van der Waals surface area contributed by atoms with Crippen molar-refractivity contribution >= 4 is 16.0 Å². The van der Waals surface area contributed by atoms with Crippen LogP contribution in [0.3, 0.4) is 0 Å². The van der Waals surface area contributed by atoms with Gasteiger partial charge in [0.25, 0.3) is 0 Å². The minimum Gasteiger partial charge on any atom is -0.356 e. The molecular weight excluding hydrogens is 288 g/mol.